The molecule has 0 radical (unpaired) electrons. The van der Waals surface area contributed by atoms with Crippen LogP contribution in [0.15, 0.2) is 18.2 Å². The Balaban J connectivity index is 2.97. The quantitative estimate of drug-likeness (QED) is 0.638. The Morgan fingerprint density at radius 2 is 2.17 bits per heavy atom. The zero-order valence-electron chi connectivity index (χ0n) is 7.33. The predicted octanol–water partition coefficient (Wildman–Crippen LogP) is 1.95. The van der Waals surface area contributed by atoms with Gasteiger partial charge in [0, 0.05) is 12.7 Å². The molecule has 0 saturated heterocycles. The van der Waals surface area contributed by atoms with Gasteiger partial charge in [0.05, 0.1) is 6.61 Å². The van der Waals surface area contributed by atoms with Crippen LogP contribution in [0, 0.1) is 6.92 Å². The van der Waals surface area contributed by atoms with E-state index in [1.807, 2.05) is 25.1 Å². The molecule has 0 spiro atoms. The van der Waals surface area contributed by atoms with E-state index < -0.39 is 0 Å². The molecule has 0 aromatic heterocycles. The maximum absolute atomic E-state index is 10.5. The maximum atomic E-state index is 10.5. The second-order valence-corrected chi connectivity index (χ2v) is 2.80. The lowest BCUT2D eigenvalue weighted by Crippen LogP contribution is -1.91. The van der Waals surface area contributed by atoms with E-state index in [2.05, 4.69) is 0 Å². The molecule has 12 heavy (non-hydrogen) atoms. The number of carbonyl (C=O) groups is 1. The lowest BCUT2D eigenvalue weighted by molar-refractivity contribution is 0.112. The molecule has 1 aromatic carbocycles. The summed E-state index contributed by atoms with van der Waals surface area (Å²) in [6.07, 6.45) is 0.853. The monoisotopic (exact) mass is 164 g/mol. The van der Waals surface area contributed by atoms with Crippen molar-refractivity contribution in [2.75, 3.05) is 7.11 Å². The molecular weight excluding hydrogens is 152 g/mol. The standard InChI is InChI=1S/C10H12O2/c1-8-3-9(6-11)5-10(4-8)7-12-2/h3-6H,7H2,1-2H3. The average molecular weight is 164 g/mol. The fraction of sp³-hybridized carbons (Fsp3) is 0.300. The van der Waals surface area contributed by atoms with E-state index >= 15 is 0 Å². The van der Waals surface area contributed by atoms with Gasteiger partial charge < -0.3 is 4.74 Å². The third kappa shape index (κ3) is 2.17. The molecule has 0 bridgehead atoms. The highest BCUT2D eigenvalue weighted by Crippen LogP contribution is 2.08. The van der Waals surface area contributed by atoms with Gasteiger partial charge in [-0.3, -0.25) is 4.79 Å². The first kappa shape index (κ1) is 8.94. The normalized spacial score (nSPS) is 9.83. The summed E-state index contributed by atoms with van der Waals surface area (Å²) in [4.78, 5) is 10.5. The van der Waals surface area contributed by atoms with E-state index in [4.69, 9.17) is 4.74 Å². The van der Waals surface area contributed by atoms with Crippen molar-refractivity contribution in [2.24, 2.45) is 0 Å². The average Bonchev–Trinajstić information content (AvgIpc) is 2.04. The number of hydrogen-bond acceptors (Lipinski definition) is 2. The van der Waals surface area contributed by atoms with Gasteiger partial charge in [-0.1, -0.05) is 11.6 Å². The van der Waals surface area contributed by atoms with Crippen LogP contribution in [0.2, 0.25) is 0 Å². The van der Waals surface area contributed by atoms with Gasteiger partial charge in [-0.25, -0.2) is 0 Å². The van der Waals surface area contributed by atoms with E-state index in [-0.39, 0.29) is 0 Å². The molecule has 0 fully saturated rings. The van der Waals surface area contributed by atoms with Crippen molar-refractivity contribution in [3.8, 4) is 0 Å². The minimum atomic E-state index is 0.558. The Morgan fingerprint density at radius 1 is 1.42 bits per heavy atom. The molecule has 0 amide bonds. The van der Waals surface area contributed by atoms with Crippen LogP contribution in [0.4, 0.5) is 0 Å². The third-order valence-electron chi connectivity index (χ3n) is 1.61. The molecule has 0 unspecified atom stereocenters. The molecule has 0 N–H and O–H groups in total. The van der Waals surface area contributed by atoms with Gasteiger partial charge in [0.2, 0.25) is 0 Å². The summed E-state index contributed by atoms with van der Waals surface area (Å²) >= 11 is 0. The zero-order valence-corrected chi connectivity index (χ0v) is 7.33. The van der Waals surface area contributed by atoms with Crippen molar-refractivity contribution in [3.05, 3.63) is 34.9 Å². The Kier molecular flexibility index (Phi) is 3.00. The molecule has 0 aliphatic rings. The Hall–Kier alpha value is -1.15. The topological polar surface area (TPSA) is 26.3 Å². The Morgan fingerprint density at radius 3 is 2.75 bits per heavy atom. The highest BCUT2D eigenvalue weighted by Gasteiger charge is 1.96. The molecule has 2 heteroatoms. The van der Waals surface area contributed by atoms with Gasteiger partial charge in [0.15, 0.2) is 0 Å². The van der Waals surface area contributed by atoms with Crippen LogP contribution in [-0.2, 0) is 11.3 Å². The van der Waals surface area contributed by atoms with Crippen molar-refractivity contribution >= 4 is 6.29 Å². The largest absolute Gasteiger partial charge is 0.380 e. The molecule has 0 saturated carbocycles. The summed E-state index contributed by atoms with van der Waals surface area (Å²) in [6, 6.07) is 5.70. The van der Waals surface area contributed by atoms with E-state index in [0.29, 0.717) is 12.2 Å². The molecule has 0 aliphatic carbocycles. The van der Waals surface area contributed by atoms with Gasteiger partial charge in [-0.2, -0.15) is 0 Å². The summed E-state index contributed by atoms with van der Waals surface area (Å²) in [5, 5.41) is 0. The number of hydrogen-bond donors (Lipinski definition) is 0. The number of aryl methyl sites for hydroxylation is 1. The maximum Gasteiger partial charge on any atom is 0.150 e. The summed E-state index contributed by atoms with van der Waals surface area (Å²) in [6.45, 7) is 2.52. The fourth-order valence-corrected chi connectivity index (χ4v) is 1.21. The first-order valence-electron chi connectivity index (χ1n) is 3.81. The van der Waals surface area contributed by atoms with E-state index in [1.165, 1.54) is 0 Å². The number of rotatable bonds is 3. The minimum Gasteiger partial charge on any atom is -0.380 e. The SMILES string of the molecule is COCc1cc(C)cc(C=O)c1. The van der Waals surface area contributed by atoms with E-state index in [9.17, 15) is 4.79 Å². The fourth-order valence-electron chi connectivity index (χ4n) is 1.21. The Labute approximate surface area is 72.2 Å². The lowest BCUT2D eigenvalue weighted by atomic mass is 10.1. The van der Waals surface area contributed by atoms with Crippen molar-refractivity contribution in [1.29, 1.82) is 0 Å². The van der Waals surface area contributed by atoms with Gasteiger partial charge in [0.25, 0.3) is 0 Å². The third-order valence-corrected chi connectivity index (χ3v) is 1.61. The summed E-state index contributed by atoms with van der Waals surface area (Å²) in [5.41, 5.74) is 2.84. The van der Waals surface area contributed by atoms with Crippen molar-refractivity contribution < 1.29 is 9.53 Å². The first-order valence-corrected chi connectivity index (χ1v) is 3.81. The second-order valence-electron chi connectivity index (χ2n) is 2.80. The summed E-state index contributed by atoms with van der Waals surface area (Å²) in [7, 11) is 1.64. The zero-order chi connectivity index (χ0) is 8.97. The smallest absolute Gasteiger partial charge is 0.150 e. The number of aldehydes is 1. The highest BCUT2D eigenvalue weighted by molar-refractivity contribution is 5.75. The molecule has 2 nitrogen and oxygen atoms in total. The molecule has 0 atom stereocenters. The number of carbonyl (C=O) groups excluding carboxylic acids is 1. The van der Waals surface area contributed by atoms with E-state index in [0.717, 1.165) is 17.4 Å². The van der Waals surface area contributed by atoms with Crippen LogP contribution in [0.1, 0.15) is 21.5 Å². The van der Waals surface area contributed by atoms with Crippen LogP contribution >= 0.6 is 0 Å². The molecule has 1 aromatic rings. The van der Waals surface area contributed by atoms with Crippen molar-refractivity contribution in [2.45, 2.75) is 13.5 Å². The van der Waals surface area contributed by atoms with E-state index in [1.54, 1.807) is 7.11 Å². The molecular formula is C10H12O2. The molecule has 1 rings (SSSR count). The van der Waals surface area contributed by atoms with Gasteiger partial charge >= 0.3 is 0 Å². The van der Waals surface area contributed by atoms with Gasteiger partial charge in [-0.15, -0.1) is 0 Å². The van der Waals surface area contributed by atoms with Crippen molar-refractivity contribution in [1.82, 2.24) is 0 Å². The second kappa shape index (κ2) is 4.02. The minimum absolute atomic E-state index is 0.558. The molecule has 0 heterocycles. The van der Waals surface area contributed by atoms with Crippen LogP contribution in [0.5, 0.6) is 0 Å². The van der Waals surface area contributed by atoms with Crippen molar-refractivity contribution in [3.63, 3.8) is 0 Å². The number of ether oxygens (including phenoxy) is 1. The molecule has 0 aliphatic heterocycles. The summed E-state index contributed by atoms with van der Waals surface area (Å²) < 4.78 is 4.97. The van der Waals surface area contributed by atoms with Crippen LogP contribution in [-0.4, -0.2) is 13.4 Å². The van der Waals surface area contributed by atoms with Crippen LogP contribution < -0.4 is 0 Å². The van der Waals surface area contributed by atoms with Gasteiger partial charge in [0.1, 0.15) is 6.29 Å². The Bertz CT molecular complexity index is 279. The highest BCUT2D eigenvalue weighted by atomic mass is 16.5. The van der Waals surface area contributed by atoms with Crippen LogP contribution in [0.25, 0.3) is 0 Å². The first-order chi connectivity index (χ1) is 5.76. The lowest BCUT2D eigenvalue weighted by Gasteiger charge is -2.02. The van der Waals surface area contributed by atoms with Crippen LogP contribution in [0.3, 0.4) is 0 Å². The number of methoxy groups -OCH3 is 1. The predicted molar refractivity (Wildman–Crippen MR) is 47.3 cm³/mol. The molecule has 64 valence electrons. The van der Waals surface area contributed by atoms with Gasteiger partial charge in [-0.05, 0) is 24.6 Å². The number of benzene rings is 1. The summed E-state index contributed by atoms with van der Waals surface area (Å²) in [5.74, 6) is 0.